The van der Waals surface area contributed by atoms with Gasteiger partial charge in [0.25, 0.3) is 0 Å². The van der Waals surface area contributed by atoms with E-state index in [-0.39, 0.29) is 43.5 Å². The van der Waals surface area contributed by atoms with Gasteiger partial charge in [0.15, 0.2) is 0 Å². The van der Waals surface area contributed by atoms with E-state index >= 15 is 0 Å². The molecule has 1 aliphatic heterocycles. The van der Waals surface area contributed by atoms with E-state index in [1.165, 1.54) is 34.3 Å². The monoisotopic (exact) mass is 518 g/mol. The van der Waals surface area contributed by atoms with Gasteiger partial charge in [-0.05, 0) is 45.0 Å². The molecule has 3 rings (SSSR count). The highest BCUT2D eigenvalue weighted by atomic mass is 19.4. The maximum absolute atomic E-state index is 13.1. The third-order valence-corrected chi connectivity index (χ3v) is 5.10. The number of hydrogen-bond donors (Lipinski definition) is 0. The molecule has 2 heterocycles. The molecule has 0 radical (unpaired) electrons. The molecule has 7 nitrogen and oxygen atoms in total. The summed E-state index contributed by atoms with van der Waals surface area (Å²) in [6.45, 7) is 6.32. The summed E-state index contributed by atoms with van der Waals surface area (Å²) in [5.41, 5.74) is -4.03. The van der Waals surface area contributed by atoms with Gasteiger partial charge in [-0.25, -0.2) is 9.48 Å². The number of nitrogens with zero attached hydrogens (tertiary/aromatic N) is 4. The van der Waals surface area contributed by atoms with Gasteiger partial charge in [0.2, 0.25) is 5.91 Å². The summed E-state index contributed by atoms with van der Waals surface area (Å²) in [4.78, 5) is 27.6. The Morgan fingerprint density at radius 2 is 1.42 bits per heavy atom. The van der Waals surface area contributed by atoms with Crippen molar-refractivity contribution >= 4 is 18.2 Å². The number of ether oxygens (including phenoxy) is 1. The molecular weight excluding hydrogens is 494 g/mol. The third kappa shape index (κ3) is 7.01. The first-order valence-electron chi connectivity index (χ1n) is 10.8. The van der Waals surface area contributed by atoms with Crippen molar-refractivity contribution in [3.8, 4) is 11.3 Å². The van der Waals surface area contributed by atoms with Crippen molar-refractivity contribution in [2.75, 3.05) is 26.2 Å². The Balaban J connectivity index is 1.68. The first kappa shape index (κ1) is 27.1. The van der Waals surface area contributed by atoms with E-state index in [1.807, 2.05) is 0 Å². The summed E-state index contributed by atoms with van der Waals surface area (Å²) in [5.74, 6) is -0.394. The molecule has 1 aromatic heterocycles. The Morgan fingerprint density at radius 1 is 0.889 bits per heavy atom. The highest BCUT2D eigenvalue weighted by Gasteiger charge is 2.37. The molecule has 2 aromatic rings. The minimum absolute atomic E-state index is 0.0433. The fourth-order valence-corrected chi connectivity index (χ4v) is 3.36. The number of piperazine rings is 1. The van der Waals surface area contributed by atoms with Gasteiger partial charge >= 0.3 is 18.4 Å². The maximum atomic E-state index is 13.1. The number of carbonyl (C=O) groups is 2. The molecule has 1 aromatic carbocycles. The minimum Gasteiger partial charge on any atom is -0.444 e. The molecular formula is C23H24F6N4O3. The molecule has 0 N–H and O–H groups in total. The average Bonchev–Trinajstić information content (AvgIpc) is 3.24. The van der Waals surface area contributed by atoms with Crippen molar-refractivity contribution in [1.82, 2.24) is 19.6 Å². The quantitative estimate of drug-likeness (QED) is 0.417. The van der Waals surface area contributed by atoms with Gasteiger partial charge < -0.3 is 14.5 Å². The van der Waals surface area contributed by atoms with Crippen LogP contribution in [0.3, 0.4) is 0 Å². The van der Waals surface area contributed by atoms with E-state index < -0.39 is 41.1 Å². The summed E-state index contributed by atoms with van der Waals surface area (Å²) in [6.07, 6.45) is -6.71. The van der Waals surface area contributed by atoms with Crippen LogP contribution in [0, 0.1) is 0 Å². The van der Waals surface area contributed by atoms with Gasteiger partial charge in [-0.15, -0.1) is 0 Å². The van der Waals surface area contributed by atoms with Crippen molar-refractivity contribution < 1.29 is 40.7 Å². The molecule has 0 atom stereocenters. The van der Waals surface area contributed by atoms with Crippen LogP contribution >= 0.6 is 0 Å². The van der Waals surface area contributed by atoms with E-state index in [0.29, 0.717) is 12.1 Å². The molecule has 0 saturated carbocycles. The Kier molecular flexibility index (Phi) is 7.42. The molecule has 1 aliphatic rings. The van der Waals surface area contributed by atoms with Gasteiger partial charge in [0.05, 0.1) is 16.8 Å². The number of halogens is 6. The largest absolute Gasteiger partial charge is 0.444 e. The van der Waals surface area contributed by atoms with Crippen molar-refractivity contribution in [2.24, 2.45) is 0 Å². The number of alkyl halides is 6. The molecule has 0 bridgehead atoms. The lowest BCUT2D eigenvalue weighted by Gasteiger charge is -2.35. The number of aromatic nitrogens is 2. The van der Waals surface area contributed by atoms with Crippen molar-refractivity contribution in [3.05, 3.63) is 47.7 Å². The van der Waals surface area contributed by atoms with Gasteiger partial charge in [-0.1, -0.05) is 0 Å². The number of amides is 2. The highest BCUT2D eigenvalue weighted by Crippen LogP contribution is 2.38. The van der Waals surface area contributed by atoms with Gasteiger partial charge in [0, 0.05) is 50.2 Å². The first-order valence-corrected chi connectivity index (χ1v) is 10.8. The van der Waals surface area contributed by atoms with Gasteiger partial charge in [-0.2, -0.15) is 31.4 Å². The average molecular weight is 518 g/mol. The highest BCUT2D eigenvalue weighted by molar-refractivity contribution is 5.90. The predicted octanol–water partition coefficient (Wildman–Crippen LogP) is 5.14. The molecule has 13 heteroatoms. The lowest BCUT2D eigenvalue weighted by Crippen LogP contribution is -2.51. The van der Waals surface area contributed by atoms with E-state index in [4.69, 9.17) is 4.74 Å². The summed E-state index contributed by atoms with van der Waals surface area (Å²) in [7, 11) is 0. The zero-order chi connectivity index (χ0) is 26.9. The molecule has 196 valence electrons. The van der Waals surface area contributed by atoms with E-state index in [2.05, 4.69) is 5.10 Å². The topological polar surface area (TPSA) is 67.7 Å². The fourth-order valence-electron chi connectivity index (χ4n) is 3.36. The molecule has 0 unspecified atom stereocenters. The number of benzene rings is 1. The van der Waals surface area contributed by atoms with Gasteiger partial charge in [0.1, 0.15) is 5.60 Å². The van der Waals surface area contributed by atoms with Crippen LogP contribution in [0.5, 0.6) is 0 Å². The summed E-state index contributed by atoms with van der Waals surface area (Å²) >= 11 is 0. The Hall–Kier alpha value is -3.51. The first-order chi connectivity index (χ1) is 16.5. The van der Waals surface area contributed by atoms with Crippen molar-refractivity contribution in [3.63, 3.8) is 0 Å². The van der Waals surface area contributed by atoms with Gasteiger partial charge in [-0.3, -0.25) is 4.79 Å². The van der Waals surface area contributed by atoms with Crippen LogP contribution in [0.2, 0.25) is 0 Å². The lowest BCUT2D eigenvalue weighted by atomic mass is 10.0. The van der Waals surface area contributed by atoms with E-state index in [1.54, 1.807) is 20.8 Å². The molecule has 1 fully saturated rings. The van der Waals surface area contributed by atoms with Crippen LogP contribution in [0.1, 0.15) is 31.9 Å². The van der Waals surface area contributed by atoms with Crippen LogP contribution < -0.4 is 0 Å². The number of hydrogen-bond acceptors (Lipinski definition) is 4. The zero-order valence-electron chi connectivity index (χ0n) is 19.7. The Labute approximate surface area is 202 Å². The summed E-state index contributed by atoms with van der Waals surface area (Å²) in [6, 6.07) is 2.45. The smallest absolute Gasteiger partial charge is 0.416 e. The predicted molar refractivity (Wildman–Crippen MR) is 117 cm³/mol. The number of carbonyl (C=O) groups excluding carboxylic acids is 2. The third-order valence-electron chi connectivity index (χ3n) is 5.10. The second-order valence-electron chi connectivity index (χ2n) is 9.08. The Bertz CT molecular complexity index is 1110. The molecule has 1 saturated heterocycles. The van der Waals surface area contributed by atoms with Crippen LogP contribution in [0.15, 0.2) is 36.5 Å². The van der Waals surface area contributed by atoms with Crippen LogP contribution in [-0.4, -0.2) is 63.4 Å². The van der Waals surface area contributed by atoms with E-state index in [0.717, 1.165) is 4.68 Å². The lowest BCUT2D eigenvalue weighted by molar-refractivity contribution is -0.143. The fraction of sp³-hybridized carbons (Fsp3) is 0.435. The Morgan fingerprint density at radius 3 is 1.92 bits per heavy atom. The second-order valence-corrected chi connectivity index (χ2v) is 9.08. The van der Waals surface area contributed by atoms with Crippen LogP contribution in [0.4, 0.5) is 31.1 Å². The minimum atomic E-state index is -4.97. The summed E-state index contributed by atoms with van der Waals surface area (Å²) < 4.78 is 85.1. The molecule has 2 amide bonds. The number of rotatable bonds is 3. The molecule has 0 spiro atoms. The molecule has 0 aliphatic carbocycles. The normalized spacial score (nSPS) is 15.5. The van der Waals surface area contributed by atoms with Crippen molar-refractivity contribution in [2.45, 2.75) is 38.7 Å². The van der Waals surface area contributed by atoms with Crippen LogP contribution in [-0.2, 0) is 21.9 Å². The maximum Gasteiger partial charge on any atom is 0.416 e. The standard InChI is InChI=1S/C23H24F6N4O3/c1-21(2,3)36-20(35)32-10-8-31(9-11-32)19(34)5-7-33-6-4-18(30-33)15-12-16(22(24,25)26)14-17(13-15)23(27,28)29/h4-7,12-14H,8-11H2,1-3H3/b7-5-. The van der Waals surface area contributed by atoms with Crippen molar-refractivity contribution in [1.29, 1.82) is 0 Å². The summed E-state index contributed by atoms with van der Waals surface area (Å²) in [5, 5.41) is 3.97. The van der Waals surface area contributed by atoms with E-state index in [9.17, 15) is 35.9 Å². The SMILES string of the molecule is CC(C)(C)OC(=O)N1CCN(C(=O)/C=C\n2ccc(-c3cc(C(F)(F)F)cc(C(F)(F)F)c3)n2)CC1. The second kappa shape index (κ2) is 9.86. The molecule has 36 heavy (non-hydrogen) atoms. The van der Waals surface area contributed by atoms with Crippen LogP contribution in [0.25, 0.3) is 17.5 Å². The zero-order valence-corrected chi connectivity index (χ0v) is 19.7.